The molecule has 1 atom stereocenters. The van der Waals surface area contributed by atoms with Crippen LogP contribution < -0.4 is 4.90 Å². The number of alkyl halides is 1. The topological polar surface area (TPSA) is 35.9 Å². The molecule has 6 heteroatoms. The number of amidine groups is 1. The van der Waals surface area contributed by atoms with E-state index in [0.29, 0.717) is 5.88 Å². The van der Waals surface area contributed by atoms with Gasteiger partial charge in [-0.3, -0.25) is 14.7 Å². The number of hydrogen-bond donors (Lipinski definition) is 0. The third kappa shape index (κ3) is 2.10. The van der Waals surface area contributed by atoms with E-state index >= 15 is 0 Å². The lowest BCUT2D eigenvalue weighted by Gasteiger charge is -2.25. The van der Waals surface area contributed by atoms with Gasteiger partial charge >= 0.3 is 0 Å². The first-order chi connectivity index (χ1) is 8.19. The van der Waals surface area contributed by atoms with Gasteiger partial charge < -0.3 is 0 Å². The van der Waals surface area contributed by atoms with Gasteiger partial charge in [-0.05, 0) is 23.2 Å². The molecule has 1 aromatic carbocycles. The molecule has 0 N–H and O–H groups in total. The average molecular weight is 272 g/mol. The van der Waals surface area contributed by atoms with Crippen LogP contribution in [0.1, 0.15) is 5.56 Å². The summed E-state index contributed by atoms with van der Waals surface area (Å²) in [6.45, 7) is 0. The fourth-order valence-corrected chi connectivity index (χ4v) is 2.30. The molecule has 0 saturated carbocycles. The van der Waals surface area contributed by atoms with Crippen molar-refractivity contribution in [3.63, 3.8) is 0 Å². The number of hydrazone groups is 1. The van der Waals surface area contributed by atoms with Gasteiger partial charge in [-0.2, -0.15) is 0 Å². The number of anilines is 1. The molecule has 1 aliphatic rings. The second-order valence-electron chi connectivity index (χ2n) is 3.62. The minimum absolute atomic E-state index is 0.266. The van der Waals surface area contributed by atoms with Crippen LogP contribution in [0.2, 0.25) is 0 Å². The molecule has 2 rings (SSSR count). The molecule has 17 heavy (non-hydrogen) atoms. The molecule has 0 aromatic heterocycles. The van der Waals surface area contributed by atoms with Gasteiger partial charge in [0.15, 0.2) is 12.5 Å². The molecule has 0 spiro atoms. The number of aldehydes is 1. The average Bonchev–Trinajstić information content (AvgIpc) is 2.63. The normalized spacial score (nSPS) is 19.5. The second-order valence-corrected chi connectivity index (χ2v) is 4.23. The number of para-hydroxylation sites is 1. The van der Waals surface area contributed by atoms with Crippen LogP contribution >= 0.6 is 23.2 Å². The lowest BCUT2D eigenvalue weighted by molar-refractivity contribution is -0.111. The first-order valence-corrected chi connectivity index (χ1v) is 5.95. The Morgan fingerprint density at radius 1 is 1.47 bits per heavy atom. The summed E-state index contributed by atoms with van der Waals surface area (Å²) in [7, 11) is 1.70. The molecule has 0 saturated heterocycles. The Kier molecular flexibility index (Phi) is 3.54. The number of benzene rings is 1. The minimum Gasteiger partial charge on any atom is -0.299 e. The van der Waals surface area contributed by atoms with Crippen molar-refractivity contribution >= 4 is 40.5 Å². The second kappa shape index (κ2) is 4.94. The van der Waals surface area contributed by atoms with Crippen LogP contribution in [0.25, 0.3) is 0 Å². The van der Waals surface area contributed by atoms with Crippen LogP contribution in [0, 0.1) is 0 Å². The summed E-state index contributed by atoms with van der Waals surface area (Å²) in [6, 6.07) is 7.52. The minimum atomic E-state index is -0.521. The molecule has 0 radical (unpaired) electrons. The highest BCUT2D eigenvalue weighted by Gasteiger charge is 2.32. The molecule has 0 fully saturated rings. The van der Waals surface area contributed by atoms with Crippen molar-refractivity contribution in [1.82, 2.24) is 5.01 Å². The number of carbonyl (C=O) groups is 1. The Morgan fingerprint density at radius 3 is 2.82 bits per heavy atom. The van der Waals surface area contributed by atoms with Gasteiger partial charge in [-0.15, -0.1) is 16.7 Å². The summed E-state index contributed by atoms with van der Waals surface area (Å²) in [5.41, 5.74) is 1.71. The molecule has 1 aliphatic heterocycles. The predicted octanol–water partition coefficient (Wildman–Crippen LogP) is 2.21. The largest absolute Gasteiger partial charge is 0.299 e. The van der Waals surface area contributed by atoms with E-state index in [9.17, 15) is 4.79 Å². The van der Waals surface area contributed by atoms with Gasteiger partial charge in [0, 0.05) is 12.9 Å². The number of likely N-dealkylation sites (N-methyl/N-ethyl adjacent to an activating group) is 1. The number of halogens is 2. The molecule has 0 bridgehead atoms. The van der Waals surface area contributed by atoms with E-state index in [4.69, 9.17) is 23.2 Å². The first kappa shape index (κ1) is 12.2. The summed E-state index contributed by atoms with van der Waals surface area (Å²) in [6.07, 6.45) is 0.274. The van der Waals surface area contributed by atoms with Gasteiger partial charge in [-0.1, -0.05) is 18.2 Å². The highest BCUT2D eigenvalue weighted by Crippen LogP contribution is 2.29. The third-order valence-corrected chi connectivity index (χ3v) is 3.15. The number of rotatable bonds is 3. The van der Waals surface area contributed by atoms with Crippen LogP contribution in [0.3, 0.4) is 0 Å². The number of carbonyl (C=O) groups excluding carboxylic acids is 1. The van der Waals surface area contributed by atoms with Gasteiger partial charge in [0.1, 0.15) is 0 Å². The maximum absolute atomic E-state index is 11.1. The standard InChI is InChI=1S/C11H11Cl2N3O/c1-15-10(7-17)16(11(13)14-15)9-5-3-2-4-8(9)6-12/h2-5,7,10H,6H2,1H3. The zero-order chi connectivity index (χ0) is 12.4. The number of nitrogens with zero attached hydrogens (tertiary/aromatic N) is 3. The summed E-state index contributed by atoms with van der Waals surface area (Å²) >= 11 is 11.9. The Hall–Kier alpha value is -1.26. The van der Waals surface area contributed by atoms with Crippen LogP contribution in [-0.4, -0.2) is 29.8 Å². The molecule has 1 unspecified atom stereocenters. The monoisotopic (exact) mass is 271 g/mol. The molecule has 4 nitrogen and oxygen atoms in total. The van der Waals surface area contributed by atoms with Crippen molar-refractivity contribution in [3.05, 3.63) is 29.8 Å². The Morgan fingerprint density at radius 2 is 2.18 bits per heavy atom. The molecule has 1 heterocycles. The van der Waals surface area contributed by atoms with E-state index in [0.717, 1.165) is 17.5 Å². The van der Waals surface area contributed by atoms with Gasteiger partial charge in [0.2, 0.25) is 5.29 Å². The highest BCUT2D eigenvalue weighted by molar-refractivity contribution is 6.68. The van der Waals surface area contributed by atoms with Gasteiger partial charge in [0.25, 0.3) is 0 Å². The molecular weight excluding hydrogens is 261 g/mol. The van der Waals surface area contributed by atoms with Crippen molar-refractivity contribution in [1.29, 1.82) is 0 Å². The molecule has 0 amide bonds. The SMILES string of the molecule is CN1N=C(Cl)N(c2ccccc2CCl)C1C=O. The zero-order valence-electron chi connectivity index (χ0n) is 9.18. The van der Waals surface area contributed by atoms with Crippen LogP contribution in [0.5, 0.6) is 0 Å². The van der Waals surface area contributed by atoms with Crippen molar-refractivity contribution in [2.75, 3.05) is 11.9 Å². The molecule has 0 aliphatic carbocycles. The van der Waals surface area contributed by atoms with Crippen molar-refractivity contribution in [2.45, 2.75) is 12.0 Å². The lowest BCUT2D eigenvalue weighted by atomic mass is 10.2. The smallest absolute Gasteiger partial charge is 0.223 e. The highest BCUT2D eigenvalue weighted by atomic mass is 35.5. The van der Waals surface area contributed by atoms with Crippen molar-refractivity contribution in [3.8, 4) is 0 Å². The Labute approximate surface area is 109 Å². The van der Waals surface area contributed by atoms with Crippen molar-refractivity contribution in [2.24, 2.45) is 5.10 Å². The maximum Gasteiger partial charge on any atom is 0.223 e. The zero-order valence-corrected chi connectivity index (χ0v) is 10.7. The summed E-state index contributed by atoms with van der Waals surface area (Å²) in [5.74, 6) is 0.353. The molecule has 1 aromatic rings. The fraction of sp³-hybridized carbons (Fsp3) is 0.273. The van der Waals surface area contributed by atoms with E-state index in [-0.39, 0.29) is 5.29 Å². The quantitative estimate of drug-likeness (QED) is 0.481. The molecular formula is C11H11Cl2N3O. The van der Waals surface area contributed by atoms with Gasteiger partial charge in [0.05, 0.1) is 5.69 Å². The van der Waals surface area contributed by atoms with Crippen LogP contribution in [0.4, 0.5) is 5.69 Å². The Bertz CT molecular complexity index is 464. The lowest BCUT2D eigenvalue weighted by Crippen LogP contribution is -2.41. The van der Waals surface area contributed by atoms with Crippen LogP contribution in [0.15, 0.2) is 29.4 Å². The van der Waals surface area contributed by atoms with E-state index in [1.165, 1.54) is 5.01 Å². The Balaban J connectivity index is 2.45. The van der Waals surface area contributed by atoms with E-state index in [1.807, 2.05) is 24.3 Å². The van der Waals surface area contributed by atoms with E-state index in [1.54, 1.807) is 11.9 Å². The maximum atomic E-state index is 11.1. The summed E-state index contributed by atoms with van der Waals surface area (Å²) in [4.78, 5) is 12.8. The van der Waals surface area contributed by atoms with Crippen LogP contribution in [-0.2, 0) is 10.7 Å². The molecule has 90 valence electrons. The summed E-state index contributed by atoms with van der Waals surface area (Å²) in [5, 5.41) is 5.82. The van der Waals surface area contributed by atoms with E-state index in [2.05, 4.69) is 5.10 Å². The predicted molar refractivity (Wildman–Crippen MR) is 69.4 cm³/mol. The van der Waals surface area contributed by atoms with Gasteiger partial charge in [-0.25, -0.2) is 0 Å². The fourth-order valence-electron chi connectivity index (χ4n) is 1.76. The van der Waals surface area contributed by atoms with E-state index < -0.39 is 6.17 Å². The summed E-state index contributed by atoms with van der Waals surface area (Å²) < 4.78 is 0. The third-order valence-electron chi connectivity index (χ3n) is 2.60. The first-order valence-electron chi connectivity index (χ1n) is 5.04. The number of hydrogen-bond acceptors (Lipinski definition) is 4. The van der Waals surface area contributed by atoms with Crippen molar-refractivity contribution < 1.29 is 4.79 Å².